The van der Waals surface area contributed by atoms with Crippen LogP contribution in [0.15, 0.2) is 54.6 Å². The molecule has 0 radical (unpaired) electrons. The summed E-state index contributed by atoms with van der Waals surface area (Å²) in [6, 6.07) is 16.1. The summed E-state index contributed by atoms with van der Waals surface area (Å²) in [6.07, 6.45) is 109. The first-order valence-corrected chi connectivity index (χ1v) is 65.4. The van der Waals surface area contributed by atoms with Crippen LogP contribution in [-0.2, 0) is 0 Å². The Balaban J connectivity index is 2.00. The predicted octanol–water partition coefficient (Wildman–Crippen LogP) is 44.1. The molecular formula is C135H237N3O12. The third-order valence-corrected chi connectivity index (χ3v) is 30.3. The van der Waals surface area contributed by atoms with Gasteiger partial charge >= 0.3 is 0 Å². The zero-order valence-corrected chi connectivity index (χ0v) is 99.6. The van der Waals surface area contributed by atoms with Gasteiger partial charge in [0.15, 0.2) is 34.5 Å². The van der Waals surface area contributed by atoms with Gasteiger partial charge in [0.05, 0.1) is 59.5 Å². The van der Waals surface area contributed by atoms with E-state index >= 15 is 14.4 Å². The fourth-order valence-corrected chi connectivity index (χ4v) is 20.6. The number of carbonyl (C=O) groups excluding carboxylic acids is 3. The number of benzene rings is 4. The molecule has 3 amide bonds. The van der Waals surface area contributed by atoms with E-state index in [0.29, 0.717) is 128 Å². The minimum Gasteiger partial charge on any atom is -0.489 e. The number of amides is 3. The molecule has 864 valence electrons. The molecule has 4 aromatic carbocycles. The quantitative estimate of drug-likeness (QED) is 0.0358. The van der Waals surface area contributed by atoms with E-state index in [-0.39, 0.29) is 16.7 Å². The molecule has 15 nitrogen and oxygen atoms in total. The standard InChI is InChI=1S/C135H237N3O12/c1-10-19-28-37-46-55-64-73-82-91-100-142-124-112-121(113-125(143-101-92-83-74-65-56-47-38-29-20-11-2)130(124)148-106-97-88-79-70-61-52-43-34-25-16-7)136-133(139)118-109-119(134(140)137-122-114-126(144-102-93-84-75-66-57-48-39-30-21-12-3)131(149-107-98-89-80-71-62-53-44-35-26-17-8)127(115-122)145-103-94-85-76-67-58-49-40-31-22-13-4)111-120(110-118)135(141)138-123-116-128(146-104-95-86-77-68-59-50-41-32-23-14-5)132(150-108-99-90-81-72-63-54-45-36-27-18-9)129(117-123)147-105-96-87-78-69-60-51-42-33-24-15-6/h109-117H,10-108H2,1-9H3,(H,136,139)(H,137,140)(H,138,141). The minimum atomic E-state index is -0.525. The van der Waals surface area contributed by atoms with Gasteiger partial charge in [0, 0.05) is 70.2 Å². The van der Waals surface area contributed by atoms with Crippen molar-refractivity contribution in [1.82, 2.24) is 0 Å². The highest BCUT2D eigenvalue weighted by Gasteiger charge is 2.26. The van der Waals surface area contributed by atoms with Gasteiger partial charge in [0.2, 0.25) is 17.2 Å². The summed E-state index contributed by atoms with van der Waals surface area (Å²) in [7, 11) is 0. The number of hydrogen-bond donors (Lipinski definition) is 3. The molecule has 15 heteroatoms. The molecule has 0 atom stereocenters. The number of unbranched alkanes of at least 4 members (excludes halogenated alkanes) is 81. The molecule has 0 aromatic heterocycles. The third kappa shape index (κ3) is 73.8. The largest absolute Gasteiger partial charge is 0.489 e. The lowest BCUT2D eigenvalue weighted by molar-refractivity contribution is 0.102. The van der Waals surface area contributed by atoms with Crippen LogP contribution in [0.1, 0.15) is 671 Å². The van der Waals surface area contributed by atoms with E-state index in [9.17, 15) is 0 Å². The molecule has 0 saturated carbocycles. The number of ether oxygens (including phenoxy) is 9. The van der Waals surface area contributed by atoms with Crippen LogP contribution < -0.4 is 58.6 Å². The van der Waals surface area contributed by atoms with Crippen molar-refractivity contribution in [2.45, 2.75) is 640 Å². The predicted molar refractivity (Wildman–Crippen MR) is 646 cm³/mol. The van der Waals surface area contributed by atoms with Crippen LogP contribution >= 0.6 is 0 Å². The van der Waals surface area contributed by atoms with Crippen molar-refractivity contribution in [1.29, 1.82) is 0 Å². The van der Waals surface area contributed by atoms with Gasteiger partial charge < -0.3 is 58.6 Å². The molecule has 0 unspecified atom stereocenters. The molecule has 0 aliphatic carbocycles. The van der Waals surface area contributed by atoms with E-state index in [4.69, 9.17) is 42.6 Å². The molecular weight excluding hydrogens is 1860 g/mol. The molecule has 0 aliphatic rings. The molecule has 4 aromatic rings. The Hall–Kier alpha value is -6.51. The van der Waals surface area contributed by atoms with Crippen LogP contribution in [0.25, 0.3) is 0 Å². The van der Waals surface area contributed by atoms with Gasteiger partial charge in [0.25, 0.3) is 17.7 Å². The van der Waals surface area contributed by atoms with Crippen molar-refractivity contribution in [2.24, 2.45) is 0 Å². The van der Waals surface area contributed by atoms with Gasteiger partial charge in [-0.05, 0) is 76.0 Å². The van der Waals surface area contributed by atoms with Crippen LogP contribution in [-0.4, -0.2) is 77.2 Å². The van der Waals surface area contributed by atoms with Crippen molar-refractivity contribution in [3.63, 3.8) is 0 Å². The Morgan fingerprint density at radius 1 is 0.140 bits per heavy atom. The summed E-state index contributed by atoms with van der Waals surface area (Å²) in [6.45, 7) is 24.9. The number of anilines is 3. The first kappa shape index (κ1) is 136. The summed E-state index contributed by atoms with van der Waals surface area (Å²) in [4.78, 5) is 48.0. The maximum absolute atomic E-state index is 16.0. The second kappa shape index (κ2) is 102. The van der Waals surface area contributed by atoms with Crippen LogP contribution in [0.3, 0.4) is 0 Å². The molecule has 0 heterocycles. The zero-order chi connectivity index (χ0) is 107. The fourth-order valence-electron chi connectivity index (χ4n) is 20.6. The lowest BCUT2D eigenvalue weighted by atomic mass is 10.0. The van der Waals surface area contributed by atoms with Crippen molar-refractivity contribution < 1.29 is 57.0 Å². The second-order valence-corrected chi connectivity index (χ2v) is 44.8. The second-order valence-electron chi connectivity index (χ2n) is 44.8. The summed E-state index contributed by atoms with van der Waals surface area (Å²) >= 11 is 0. The summed E-state index contributed by atoms with van der Waals surface area (Å²) in [5, 5.41) is 9.90. The maximum atomic E-state index is 16.0. The molecule has 0 aliphatic heterocycles. The first-order valence-electron chi connectivity index (χ1n) is 65.4. The summed E-state index contributed by atoms with van der Waals surface area (Å²) < 4.78 is 62.3. The Labute approximate surface area is 924 Å². The maximum Gasteiger partial charge on any atom is 0.255 e. The fraction of sp³-hybridized carbons (Fsp3) is 0.800. The number of hydrogen-bond acceptors (Lipinski definition) is 12. The molecule has 0 spiro atoms. The lowest BCUT2D eigenvalue weighted by Crippen LogP contribution is -2.20. The zero-order valence-electron chi connectivity index (χ0n) is 99.6. The Morgan fingerprint density at radius 2 is 0.240 bits per heavy atom. The topological polar surface area (TPSA) is 170 Å². The van der Waals surface area contributed by atoms with E-state index in [1.54, 1.807) is 18.2 Å². The van der Waals surface area contributed by atoms with Gasteiger partial charge in [-0.25, -0.2) is 0 Å². The molecule has 0 fully saturated rings. The number of nitrogens with one attached hydrogen (secondary N) is 3. The number of carbonyl (C=O) groups is 3. The monoisotopic (exact) mass is 2090 g/mol. The summed E-state index contributed by atoms with van der Waals surface area (Å²) in [5.41, 5.74) is 1.64. The highest BCUT2D eigenvalue weighted by atomic mass is 16.6. The Bertz CT molecular complexity index is 3200. The summed E-state index contributed by atoms with van der Waals surface area (Å²) in [5.74, 6) is 3.21. The Kier molecular flexibility index (Phi) is 92.0. The highest BCUT2D eigenvalue weighted by molar-refractivity contribution is 6.13. The van der Waals surface area contributed by atoms with Gasteiger partial charge in [-0.2, -0.15) is 0 Å². The number of rotatable bonds is 114. The van der Waals surface area contributed by atoms with Crippen molar-refractivity contribution >= 4 is 34.8 Å². The molecule has 4 rings (SSSR count). The molecule has 150 heavy (non-hydrogen) atoms. The highest BCUT2D eigenvalue weighted by Crippen LogP contribution is 2.46. The van der Waals surface area contributed by atoms with Gasteiger partial charge in [0.1, 0.15) is 0 Å². The van der Waals surface area contributed by atoms with Gasteiger partial charge in [-0.15, -0.1) is 0 Å². The molecule has 0 bridgehead atoms. The third-order valence-electron chi connectivity index (χ3n) is 30.3. The average Bonchev–Trinajstić information content (AvgIpc) is 0.801. The van der Waals surface area contributed by atoms with E-state index in [0.717, 1.165) is 173 Å². The van der Waals surface area contributed by atoms with Crippen LogP contribution in [0.4, 0.5) is 17.1 Å². The van der Waals surface area contributed by atoms with Crippen molar-refractivity contribution in [3.05, 3.63) is 71.3 Å². The molecule has 0 saturated heterocycles. The van der Waals surface area contributed by atoms with E-state index in [1.165, 1.54) is 405 Å². The van der Waals surface area contributed by atoms with E-state index < -0.39 is 17.7 Å². The van der Waals surface area contributed by atoms with Crippen molar-refractivity contribution in [2.75, 3.05) is 75.4 Å². The minimum absolute atomic E-state index is 0.100. The normalized spacial score (nSPS) is 11.4. The van der Waals surface area contributed by atoms with E-state index in [1.807, 2.05) is 36.4 Å². The van der Waals surface area contributed by atoms with Crippen LogP contribution in [0.2, 0.25) is 0 Å². The SMILES string of the molecule is CCCCCCCCCCCCOc1cc(NC(=O)c2cc(C(=O)Nc3cc(OCCCCCCCCCCCC)c(OCCCCCCCCCCCC)c(OCCCCCCCCCCCC)c3)cc(C(=O)Nc3cc(OCCCCCCCCCCCC)c(OCCCCCCCCCCCC)c(OCCCCCCCCCCCC)c3)c2)cc(OCCCCCCCCCCCC)c1OCCCCCCCCCCCC. The van der Waals surface area contributed by atoms with Crippen molar-refractivity contribution in [3.8, 4) is 51.7 Å². The lowest BCUT2D eigenvalue weighted by Gasteiger charge is -2.20. The van der Waals surface area contributed by atoms with Crippen LogP contribution in [0, 0.1) is 0 Å². The van der Waals surface area contributed by atoms with Gasteiger partial charge in [-0.1, -0.05) is 582 Å². The first-order chi connectivity index (χ1) is 74.1. The van der Waals surface area contributed by atoms with Gasteiger partial charge in [-0.3, -0.25) is 14.4 Å². The van der Waals surface area contributed by atoms with E-state index in [2.05, 4.69) is 78.3 Å². The average molecular weight is 2090 g/mol. The van der Waals surface area contributed by atoms with Crippen LogP contribution in [0.5, 0.6) is 51.7 Å². The molecule has 3 N–H and O–H groups in total. The smallest absolute Gasteiger partial charge is 0.255 e. The Morgan fingerprint density at radius 3 is 0.353 bits per heavy atom.